The van der Waals surface area contributed by atoms with Crippen LogP contribution >= 0.6 is 23.8 Å². The molecule has 3 aromatic carbocycles. The molecule has 1 atom stereocenters. The number of hydrogen-bond acceptors (Lipinski definition) is 3. The van der Waals surface area contributed by atoms with Crippen molar-refractivity contribution in [1.82, 2.24) is 5.32 Å². The van der Waals surface area contributed by atoms with E-state index >= 15 is 0 Å². The molecule has 4 rings (SSSR count). The van der Waals surface area contributed by atoms with Crippen LogP contribution in [-0.2, 0) is 4.79 Å². The molecule has 0 aromatic heterocycles. The van der Waals surface area contributed by atoms with Crippen LogP contribution in [-0.4, -0.2) is 29.9 Å². The number of anilines is 2. The molecule has 3 aromatic rings. The van der Waals surface area contributed by atoms with Gasteiger partial charge in [0.1, 0.15) is 0 Å². The van der Waals surface area contributed by atoms with Crippen LogP contribution in [0.2, 0.25) is 5.02 Å². The van der Waals surface area contributed by atoms with Crippen molar-refractivity contribution in [2.75, 3.05) is 17.3 Å². The minimum atomic E-state index is -0.889. The molecule has 0 radical (unpaired) electrons. The zero-order valence-corrected chi connectivity index (χ0v) is 17.7. The summed E-state index contributed by atoms with van der Waals surface area (Å²) < 4.78 is 0. The molecule has 1 aliphatic rings. The van der Waals surface area contributed by atoms with Crippen molar-refractivity contribution >= 4 is 51.9 Å². The highest BCUT2D eigenvalue weighted by atomic mass is 35.5. The summed E-state index contributed by atoms with van der Waals surface area (Å²) in [5, 5.41) is 7.02. The molecule has 30 heavy (non-hydrogen) atoms. The largest absolute Gasteiger partial charge is 0.333 e. The van der Waals surface area contributed by atoms with Crippen LogP contribution in [0.25, 0.3) is 0 Å². The summed E-state index contributed by atoms with van der Waals surface area (Å²) in [4.78, 5) is 19.5. The molecule has 0 saturated carbocycles. The second-order valence-corrected chi connectivity index (χ2v) is 7.61. The maximum absolute atomic E-state index is 13.2. The van der Waals surface area contributed by atoms with Crippen molar-refractivity contribution in [2.45, 2.75) is 6.17 Å². The van der Waals surface area contributed by atoms with E-state index in [0.29, 0.717) is 15.8 Å². The van der Waals surface area contributed by atoms with Gasteiger partial charge < -0.3 is 15.5 Å². The Morgan fingerprint density at radius 3 is 2.40 bits per heavy atom. The van der Waals surface area contributed by atoms with Crippen LogP contribution in [0.15, 0.2) is 83.9 Å². The lowest BCUT2D eigenvalue weighted by Crippen LogP contribution is -2.47. The van der Waals surface area contributed by atoms with Crippen molar-refractivity contribution in [2.24, 2.45) is 4.99 Å². The zero-order valence-electron chi connectivity index (χ0n) is 16.2. The summed E-state index contributed by atoms with van der Waals surface area (Å²) in [6, 6.07) is 24.7. The molecule has 150 valence electrons. The van der Waals surface area contributed by atoms with Gasteiger partial charge in [-0.1, -0.05) is 60.1 Å². The average Bonchev–Trinajstić information content (AvgIpc) is 2.85. The summed E-state index contributed by atoms with van der Waals surface area (Å²) in [7, 11) is 1.72. The molecule has 0 spiro atoms. The minimum absolute atomic E-state index is 0.221. The Kier molecular flexibility index (Phi) is 5.79. The third-order valence-corrected chi connectivity index (χ3v) is 5.20. The van der Waals surface area contributed by atoms with E-state index in [1.165, 1.54) is 0 Å². The summed E-state index contributed by atoms with van der Waals surface area (Å²) in [6.45, 7) is 0. The average molecular weight is 435 g/mol. The number of amides is 1. The quantitative estimate of drug-likeness (QED) is 0.597. The van der Waals surface area contributed by atoms with Crippen LogP contribution in [0.3, 0.4) is 0 Å². The van der Waals surface area contributed by atoms with E-state index in [4.69, 9.17) is 28.8 Å². The lowest BCUT2D eigenvalue weighted by atomic mass is 10.0. The summed E-state index contributed by atoms with van der Waals surface area (Å²) in [5.41, 5.74) is 3.91. The molecule has 2 N–H and O–H groups in total. The van der Waals surface area contributed by atoms with Gasteiger partial charge in [0, 0.05) is 28.9 Å². The summed E-state index contributed by atoms with van der Waals surface area (Å²) in [6.07, 6.45) is -0.889. The van der Waals surface area contributed by atoms with Gasteiger partial charge in [0.25, 0.3) is 5.91 Å². The number of thiocarbonyl (C=S) groups is 1. The number of carbonyl (C=O) groups is 1. The first-order valence-corrected chi connectivity index (χ1v) is 10.1. The van der Waals surface area contributed by atoms with Gasteiger partial charge in [-0.25, -0.2) is 4.99 Å². The van der Waals surface area contributed by atoms with Crippen molar-refractivity contribution in [3.05, 3.63) is 95.0 Å². The van der Waals surface area contributed by atoms with E-state index in [1.807, 2.05) is 72.8 Å². The smallest absolute Gasteiger partial charge is 0.272 e. The highest BCUT2D eigenvalue weighted by molar-refractivity contribution is 7.80. The first-order valence-electron chi connectivity index (χ1n) is 9.36. The van der Waals surface area contributed by atoms with E-state index in [1.54, 1.807) is 18.0 Å². The van der Waals surface area contributed by atoms with Gasteiger partial charge in [-0.2, -0.15) is 0 Å². The predicted octanol–water partition coefficient (Wildman–Crippen LogP) is 4.47. The van der Waals surface area contributed by atoms with Gasteiger partial charge in [0.2, 0.25) is 6.17 Å². The van der Waals surface area contributed by atoms with Crippen molar-refractivity contribution in [3.63, 3.8) is 0 Å². The summed E-state index contributed by atoms with van der Waals surface area (Å²) >= 11 is 11.7. The van der Waals surface area contributed by atoms with E-state index in [9.17, 15) is 4.79 Å². The molecule has 0 saturated heterocycles. The molecule has 0 aliphatic carbocycles. The Labute approximate surface area is 185 Å². The van der Waals surface area contributed by atoms with Gasteiger partial charge in [-0.05, 0) is 42.5 Å². The van der Waals surface area contributed by atoms with E-state index in [2.05, 4.69) is 10.6 Å². The number of para-hydroxylation sites is 1. The van der Waals surface area contributed by atoms with Crippen molar-refractivity contribution < 1.29 is 4.79 Å². The Balaban J connectivity index is 1.73. The number of benzodiazepines with no additional fused rings is 1. The Hall–Kier alpha value is -3.22. The van der Waals surface area contributed by atoms with Gasteiger partial charge >= 0.3 is 0 Å². The number of fused-ring (bicyclic) bond motifs is 1. The molecule has 1 heterocycles. The van der Waals surface area contributed by atoms with Gasteiger partial charge in [-0.15, -0.1) is 0 Å². The topological polar surface area (TPSA) is 56.7 Å². The maximum atomic E-state index is 13.2. The number of hydrogen-bond donors (Lipinski definition) is 2. The Bertz CT molecular complexity index is 1120. The van der Waals surface area contributed by atoms with E-state index in [0.717, 1.165) is 22.5 Å². The minimum Gasteiger partial charge on any atom is -0.333 e. The lowest BCUT2D eigenvalue weighted by molar-refractivity contribution is -0.119. The third-order valence-electron chi connectivity index (χ3n) is 4.74. The number of halogens is 1. The van der Waals surface area contributed by atoms with Gasteiger partial charge in [0.15, 0.2) is 5.11 Å². The van der Waals surface area contributed by atoms with Crippen molar-refractivity contribution in [1.29, 1.82) is 0 Å². The molecule has 0 bridgehead atoms. The number of aliphatic imine (C=N–C) groups is 1. The normalized spacial score (nSPS) is 15.7. The molecule has 5 nitrogen and oxygen atoms in total. The number of rotatable bonds is 3. The maximum Gasteiger partial charge on any atom is 0.272 e. The number of nitrogens with one attached hydrogen (secondary N) is 2. The molecular formula is C23H19ClN4OS. The standard InChI is InChI=1S/C23H19ClN4OS/c1-28-19-13-12-16(24)14-18(19)20(15-8-4-2-5-9-15)26-21(22(28)29)27-23(30)25-17-10-6-3-7-11-17/h2-14,21H,1H3,(H2,25,27,30). The van der Waals surface area contributed by atoms with Gasteiger partial charge in [0.05, 0.1) is 11.4 Å². The molecule has 0 fully saturated rings. The first-order chi connectivity index (χ1) is 14.5. The molecular weight excluding hydrogens is 416 g/mol. The van der Waals surface area contributed by atoms with Crippen LogP contribution < -0.4 is 15.5 Å². The SMILES string of the molecule is CN1C(=O)C(NC(=S)Nc2ccccc2)N=C(c2ccccc2)c2cc(Cl)ccc21. The molecule has 1 unspecified atom stereocenters. The second kappa shape index (κ2) is 8.65. The summed E-state index contributed by atoms with van der Waals surface area (Å²) in [5.74, 6) is -0.221. The number of carbonyl (C=O) groups excluding carboxylic acids is 1. The van der Waals surface area contributed by atoms with Crippen LogP contribution in [0.4, 0.5) is 11.4 Å². The Morgan fingerprint density at radius 2 is 1.70 bits per heavy atom. The van der Waals surface area contributed by atoms with E-state index < -0.39 is 6.17 Å². The third kappa shape index (κ3) is 4.20. The fraction of sp³-hybridized carbons (Fsp3) is 0.0870. The van der Waals surface area contributed by atoms with Crippen LogP contribution in [0.1, 0.15) is 11.1 Å². The fourth-order valence-electron chi connectivity index (χ4n) is 3.28. The number of nitrogens with zero attached hydrogens (tertiary/aromatic N) is 2. The molecule has 1 amide bonds. The molecule has 1 aliphatic heterocycles. The van der Waals surface area contributed by atoms with E-state index in [-0.39, 0.29) is 5.91 Å². The highest BCUT2D eigenvalue weighted by Gasteiger charge is 2.30. The predicted molar refractivity (Wildman–Crippen MR) is 127 cm³/mol. The number of likely N-dealkylation sites (N-methyl/N-ethyl adjacent to an activating group) is 1. The first kappa shape index (κ1) is 20.1. The van der Waals surface area contributed by atoms with Gasteiger partial charge in [-0.3, -0.25) is 4.79 Å². The monoisotopic (exact) mass is 434 g/mol. The van der Waals surface area contributed by atoms with Crippen LogP contribution in [0, 0.1) is 0 Å². The fourth-order valence-corrected chi connectivity index (χ4v) is 3.68. The highest BCUT2D eigenvalue weighted by Crippen LogP contribution is 2.29. The second-order valence-electron chi connectivity index (χ2n) is 6.77. The zero-order chi connectivity index (χ0) is 21.1. The van der Waals surface area contributed by atoms with Crippen molar-refractivity contribution in [3.8, 4) is 0 Å². The number of benzene rings is 3. The Morgan fingerprint density at radius 1 is 1.03 bits per heavy atom. The molecule has 7 heteroatoms. The lowest BCUT2D eigenvalue weighted by Gasteiger charge is -2.22. The van der Waals surface area contributed by atoms with Crippen LogP contribution in [0.5, 0.6) is 0 Å².